The van der Waals surface area contributed by atoms with E-state index in [0.717, 1.165) is 5.69 Å². The smallest absolute Gasteiger partial charge is 0.125 e. The van der Waals surface area contributed by atoms with Gasteiger partial charge in [-0.3, -0.25) is 0 Å². The molecule has 40 valence electrons. The van der Waals surface area contributed by atoms with Crippen LogP contribution in [0, 0.1) is 18.3 Å². The molecule has 1 rings (SSSR count). The maximum absolute atomic E-state index is 8.27. The van der Waals surface area contributed by atoms with Crippen molar-refractivity contribution in [3.63, 3.8) is 0 Å². The van der Waals surface area contributed by atoms with Crippen molar-refractivity contribution in [3.8, 4) is 6.07 Å². The van der Waals surface area contributed by atoms with Crippen molar-refractivity contribution in [2.24, 2.45) is 0 Å². The van der Waals surface area contributed by atoms with Gasteiger partial charge in [-0.05, 0) is 24.5 Å². The number of rotatable bonds is 0. The molecule has 1 aromatic heterocycles. The van der Waals surface area contributed by atoms with E-state index in [1.165, 1.54) is 11.5 Å². The van der Waals surface area contributed by atoms with Crippen LogP contribution in [0.15, 0.2) is 6.07 Å². The number of nitriles is 1. The van der Waals surface area contributed by atoms with E-state index in [1.807, 2.05) is 13.0 Å². The van der Waals surface area contributed by atoms with Gasteiger partial charge >= 0.3 is 0 Å². The van der Waals surface area contributed by atoms with Crippen LogP contribution >= 0.6 is 11.5 Å². The summed E-state index contributed by atoms with van der Waals surface area (Å²) in [5.74, 6) is 0. The third-order valence-corrected chi connectivity index (χ3v) is 1.52. The van der Waals surface area contributed by atoms with Gasteiger partial charge in [-0.15, -0.1) is 0 Å². The first-order valence-electron chi connectivity index (χ1n) is 2.16. The van der Waals surface area contributed by atoms with E-state index in [9.17, 15) is 0 Å². The molecule has 1 heterocycles. The minimum absolute atomic E-state index is 0.683. The van der Waals surface area contributed by atoms with Crippen molar-refractivity contribution in [2.75, 3.05) is 0 Å². The molecule has 0 aliphatic rings. The molecular formula is C5H4N2S. The van der Waals surface area contributed by atoms with Crippen molar-refractivity contribution in [1.29, 1.82) is 5.26 Å². The molecule has 0 bridgehead atoms. The quantitative estimate of drug-likeness (QED) is 0.523. The summed E-state index contributed by atoms with van der Waals surface area (Å²) in [5, 5.41) is 8.27. The van der Waals surface area contributed by atoms with Gasteiger partial charge in [0.15, 0.2) is 0 Å². The minimum Gasteiger partial charge on any atom is -0.197 e. The Morgan fingerprint density at radius 1 is 1.88 bits per heavy atom. The lowest BCUT2D eigenvalue weighted by atomic mass is 10.4. The van der Waals surface area contributed by atoms with Gasteiger partial charge in [0.25, 0.3) is 0 Å². The summed E-state index contributed by atoms with van der Waals surface area (Å²) in [6.45, 7) is 1.87. The fourth-order valence-electron chi connectivity index (χ4n) is 0.416. The average molecular weight is 124 g/mol. The second-order valence-electron chi connectivity index (χ2n) is 1.44. The van der Waals surface area contributed by atoms with Crippen molar-refractivity contribution in [1.82, 2.24) is 4.37 Å². The number of aryl methyl sites for hydroxylation is 1. The zero-order valence-corrected chi connectivity index (χ0v) is 5.20. The van der Waals surface area contributed by atoms with Crippen molar-refractivity contribution in [2.45, 2.75) is 6.92 Å². The molecule has 0 radical (unpaired) electrons. The predicted octanol–water partition coefficient (Wildman–Crippen LogP) is 1.32. The second-order valence-corrected chi connectivity index (χ2v) is 2.25. The molecule has 0 unspecified atom stereocenters. The Bertz CT molecular complexity index is 221. The largest absolute Gasteiger partial charge is 0.197 e. The van der Waals surface area contributed by atoms with Crippen LogP contribution in [-0.2, 0) is 0 Å². The molecule has 8 heavy (non-hydrogen) atoms. The van der Waals surface area contributed by atoms with E-state index in [-0.39, 0.29) is 0 Å². The first-order valence-corrected chi connectivity index (χ1v) is 2.93. The standard InChI is InChI=1S/C5H4N2S/c1-4-2-5(3-6)8-7-4/h2H,1H3. The number of hydrogen-bond donors (Lipinski definition) is 0. The van der Waals surface area contributed by atoms with E-state index < -0.39 is 0 Å². The second kappa shape index (κ2) is 1.93. The molecule has 0 fully saturated rings. The fraction of sp³-hybridized carbons (Fsp3) is 0.200. The van der Waals surface area contributed by atoms with Gasteiger partial charge < -0.3 is 0 Å². The van der Waals surface area contributed by atoms with Crippen molar-refractivity contribution in [3.05, 3.63) is 16.6 Å². The summed E-state index contributed by atoms with van der Waals surface area (Å²) in [4.78, 5) is 0.683. The van der Waals surface area contributed by atoms with Gasteiger partial charge in [0.2, 0.25) is 0 Å². The van der Waals surface area contributed by atoms with Crippen LogP contribution in [0.3, 0.4) is 0 Å². The molecule has 0 saturated heterocycles. The summed E-state index contributed by atoms with van der Waals surface area (Å²) in [6, 6.07) is 3.77. The van der Waals surface area contributed by atoms with Crippen LogP contribution in [0.5, 0.6) is 0 Å². The van der Waals surface area contributed by atoms with E-state index in [2.05, 4.69) is 4.37 Å². The highest BCUT2D eigenvalue weighted by atomic mass is 32.1. The van der Waals surface area contributed by atoms with Crippen molar-refractivity contribution < 1.29 is 0 Å². The van der Waals surface area contributed by atoms with Crippen LogP contribution in [0.25, 0.3) is 0 Å². The highest BCUT2D eigenvalue weighted by Crippen LogP contribution is 2.05. The number of aromatic nitrogens is 1. The fourth-order valence-corrected chi connectivity index (χ4v) is 0.975. The van der Waals surface area contributed by atoms with Gasteiger partial charge in [0.1, 0.15) is 10.9 Å². The zero-order chi connectivity index (χ0) is 5.98. The van der Waals surface area contributed by atoms with E-state index >= 15 is 0 Å². The van der Waals surface area contributed by atoms with Crippen LogP contribution in [0.1, 0.15) is 10.6 Å². The lowest BCUT2D eigenvalue weighted by Crippen LogP contribution is -1.59. The van der Waals surface area contributed by atoms with E-state index in [0.29, 0.717) is 4.88 Å². The molecule has 1 aromatic rings. The van der Waals surface area contributed by atoms with Crippen LogP contribution < -0.4 is 0 Å². The summed E-state index contributed by atoms with van der Waals surface area (Å²) in [7, 11) is 0. The SMILES string of the molecule is Cc1cc(C#N)sn1. The topological polar surface area (TPSA) is 36.7 Å². The van der Waals surface area contributed by atoms with Gasteiger partial charge in [-0.2, -0.15) is 9.64 Å². The third kappa shape index (κ3) is 0.849. The Hall–Kier alpha value is -0.880. The Labute approximate surface area is 51.6 Å². The van der Waals surface area contributed by atoms with Crippen LogP contribution in [0.4, 0.5) is 0 Å². The number of nitrogens with zero attached hydrogens (tertiary/aromatic N) is 2. The van der Waals surface area contributed by atoms with E-state index in [1.54, 1.807) is 6.07 Å². The van der Waals surface area contributed by atoms with E-state index in [4.69, 9.17) is 5.26 Å². The molecular weight excluding hydrogens is 120 g/mol. The molecule has 2 nitrogen and oxygen atoms in total. The Morgan fingerprint density at radius 3 is 2.88 bits per heavy atom. The normalized spacial score (nSPS) is 8.50. The summed E-state index contributed by atoms with van der Waals surface area (Å²) in [5.41, 5.74) is 0.923. The molecule has 3 heteroatoms. The van der Waals surface area contributed by atoms with Crippen molar-refractivity contribution >= 4 is 11.5 Å². The predicted molar refractivity (Wildman–Crippen MR) is 31.6 cm³/mol. The molecule has 0 aliphatic heterocycles. The first-order chi connectivity index (χ1) is 3.83. The molecule has 0 atom stereocenters. The molecule has 0 aromatic carbocycles. The highest BCUT2D eigenvalue weighted by Gasteiger charge is 1.91. The van der Waals surface area contributed by atoms with Gasteiger partial charge in [0.05, 0.1) is 5.69 Å². The molecule has 0 amide bonds. The third-order valence-electron chi connectivity index (χ3n) is 0.738. The van der Waals surface area contributed by atoms with Gasteiger partial charge in [-0.1, -0.05) is 0 Å². The zero-order valence-electron chi connectivity index (χ0n) is 4.38. The maximum atomic E-state index is 8.27. The molecule has 0 saturated carbocycles. The molecule has 0 aliphatic carbocycles. The summed E-state index contributed by atoms with van der Waals surface area (Å²) in [6.07, 6.45) is 0. The molecule has 0 N–H and O–H groups in total. The Kier molecular flexibility index (Phi) is 1.27. The van der Waals surface area contributed by atoms with Gasteiger partial charge in [0, 0.05) is 0 Å². The van der Waals surface area contributed by atoms with Crippen LogP contribution in [-0.4, -0.2) is 4.37 Å². The minimum atomic E-state index is 0.683. The Morgan fingerprint density at radius 2 is 2.62 bits per heavy atom. The lowest BCUT2D eigenvalue weighted by Gasteiger charge is -1.65. The molecule has 0 spiro atoms. The monoisotopic (exact) mass is 124 g/mol. The Balaban J connectivity index is 3.05. The number of hydrogen-bond acceptors (Lipinski definition) is 3. The van der Waals surface area contributed by atoms with Gasteiger partial charge in [-0.25, -0.2) is 0 Å². The maximum Gasteiger partial charge on any atom is 0.125 e. The lowest BCUT2D eigenvalue weighted by molar-refractivity contribution is 1.34. The summed E-state index contributed by atoms with van der Waals surface area (Å²) < 4.78 is 3.91. The average Bonchev–Trinajstić information content (AvgIpc) is 2.14. The summed E-state index contributed by atoms with van der Waals surface area (Å²) >= 11 is 1.24. The highest BCUT2D eigenvalue weighted by molar-refractivity contribution is 7.06. The van der Waals surface area contributed by atoms with Crippen LogP contribution in [0.2, 0.25) is 0 Å². The first kappa shape index (κ1) is 5.26.